The molecule has 2 rings (SSSR count). The molecule has 1 aromatic carbocycles. The van der Waals surface area contributed by atoms with Gasteiger partial charge in [-0.3, -0.25) is 9.69 Å². The maximum absolute atomic E-state index is 11.1. The number of rotatable bonds is 3. The zero-order chi connectivity index (χ0) is 13.3. The second-order valence-corrected chi connectivity index (χ2v) is 4.60. The second kappa shape index (κ2) is 4.96. The summed E-state index contributed by atoms with van der Waals surface area (Å²) in [6.07, 6.45) is 0.901. The van der Waals surface area contributed by atoms with Crippen LogP contribution in [0.25, 0.3) is 0 Å². The quantitative estimate of drug-likeness (QED) is 0.823. The molecule has 1 aromatic rings. The minimum absolute atomic E-state index is 0.304. The molecule has 2 atom stereocenters. The first-order chi connectivity index (χ1) is 8.54. The molecule has 0 amide bonds. The highest BCUT2D eigenvalue weighted by atomic mass is 16.5. The molecule has 5 heteroatoms. The van der Waals surface area contributed by atoms with Gasteiger partial charge in [0.2, 0.25) is 0 Å². The molecule has 98 valence electrons. The van der Waals surface area contributed by atoms with Gasteiger partial charge < -0.3 is 15.6 Å². The molecule has 3 N–H and O–H groups in total. The van der Waals surface area contributed by atoms with Gasteiger partial charge in [-0.1, -0.05) is 6.07 Å². The van der Waals surface area contributed by atoms with Crippen LogP contribution in [0.4, 0.5) is 0 Å². The largest absolute Gasteiger partial charge is 0.497 e. The monoisotopic (exact) mass is 250 g/mol. The Morgan fingerprint density at radius 3 is 2.94 bits per heavy atom. The molecular formula is C13H18N2O3. The summed E-state index contributed by atoms with van der Waals surface area (Å²) in [5.74, 6) is -0.255. The molecule has 0 saturated carbocycles. The van der Waals surface area contributed by atoms with Crippen LogP contribution in [0.5, 0.6) is 5.75 Å². The van der Waals surface area contributed by atoms with E-state index in [2.05, 4.69) is 0 Å². The average Bonchev–Trinajstić information content (AvgIpc) is 2.37. The van der Waals surface area contributed by atoms with Crippen LogP contribution in [-0.2, 0) is 11.2 Å². The van der Waals surface area contributed by atoms with Crippen molar-refractivity contribution >= 4 is 5.97 Å². The molecule has 0 fully saturated rings. The normalized spacial score (nSPS) is 21.2. The molecule has 1 heterocycles. The molecule has 0 aliphatic carbocycles. The smallest absolute Gasteiger partial charge is 0.322 e. The number of carbonyl (C=O) groups is 1. The second-order valence-electron chi connectivity index (χ2n) is 4.60. The first kappa shape index (κ1) is 12.9. The molecule has 1 aliphatic heterocycles. The van der Waals surface area contributed by atoms with Crippen molar-refractivity contribution in [1.29, 1.82) is 0 Å². The third-order valence-corrected chi connectivity index (χ3v) is 3.51. The van der Waals surface area contributed by atoms with Gasteiger partial charge in [0.05, 0.1) is 13.2 Å². The van der Waals surface area contributed by atoms with Crippen molar-refractivity contribution in [3.05, 3.63) is 29.3 Å². The van der Waals surface area contributed by atoms with Gasteiger partial charge in [-0.2, -0.15) is 0 Å². The number of aliphatic carboxylic acids is 1. The summed E-state index contributed by atoms with van der Waals surface area (Å²) in [6.45, 7) is 0.810. The first-order valence-electron chi connectivity index (χ1n) is 5.90. The lowest BCUT2D eigenvalue weighted by Gasteiger charge is -2.36. The Morgan fingerprint density at radius 1 is 1.61 bits per heavy atom. The number of nitrogens with two attached hydrogens (primary N) is 1. The van der Waals surface area contributed by atoms with E-state index in [-0.39, 0.29) is 6.04 Å². The fourth-order valence-electron chi connectivity index (χ4n) is 2.48. The summed E-state index contributed by atoms with van der Waals surface area (Å²) >= 11 is 0. The Bertz CT molecular complexity index is 462. The summed E-state index contributed by atoms with van der Waals surface area (Å²) in [4.78, 5) is 13.1. The predicted octanol–water partition coefficient (Wildman–Crippen LogP) is 0.636. The van der Waals surface area contributed by atoms with Crippen molar-refractivity contribution in [3.63, 3.8) is 0 Å². The van der Waals surface area contributed by atoms with Gasteiger partial charge >= 0.3 is 5.97 Å². The van der Waals surface area contributed by atoms with Crippen molar-refractivity contribution in [3.8, 4) is 5.75 Å². The van der Waals surface area contributed by atoms with Crippen molar-refractivity contribution in [2.45, 2.75) is 18.5 Å². The highest BCUT2D eigenvalue weighted by Crippen LogP contribution is 2.33. The molecule has 2 unspecified atom stereocenters. The Balaban J connectivity index is 2.45. The molecular weight excluding hydrogens is 232 g/mol. The highest BCUT2D eigenvalue weighted by molar-refractivity contribution is 5.74. The Morgan fingerprint density at radius 2 is 2.33 bits per heavy atom. The molecule has 0 radical (unpaired) electrons. The van der Waals surface area contributed by atoms with E-state index in [1.165, 1.54) is 0 Å². The van der Waals surface area contributed by atoms with Crippen LogP contribution in [0.15, 0.2) is 18.2 Å². The van der Waals surface area contributed by atoms with E-state index in [0.29, 0.717) is 0 Å². The number of nitrogens with zero attached hydrogens (tertiary/aromatic N) is 1. The van der Waals surface area contributed by atoms with Gasteiger partial charge in [0, 0.05) is 6.54 Å². The summed E-state index contributed by atoms with van der Waals surface area (Å²) in [5, 5.41) is 9.12. The van der Waals surface area contributed by atoms with Crippen LogP contribution in [0.3, 0.4) is 0 Å². The minimum Gasteiger partial charge on any atom is -0.497 e. The lowest BCUT2D eigenvalue weighted by Crippen LogP contribution is -2.47. The van der Waals surface area contributed by atoms with E-state index in [0.717, 1.165) is 29.8 Å². The number of carboxylic acid groups (broad SMARTS) is 1. The van der Waals surface area contributed by atoms with Crippen LogP contribution in [0, 0.1) is 0 Å². The molecule has 0 bridgehead atoms. The number of carboxylic acids is 1. The molecule has 5 nitrogen and oxygen atoms in total. The van der Waals surface area contributed by atoms with E-state index in [1.807, 2.05) is 30.1 Å². The van der Waals surface area contributed by atoms with E-state index in [1.54, 1.807) is 7.11 Å². The van der Waals surface area contributed by atoms with Crippen LogP contribution >= 0.6 is 0 Å². The summed E-state index contributed by atoms with van der Waals surface area (Å²) in [6, 6.07) is 4.54. The van der Waals surface area contributed by atoms with Gasteiger partial charge in [-0.25, -0.2) is 0 Å². The highest BCUT2D eigenvalue weighted by Gasteiger charge is 2.33. The number of ether oxygens (including phenoxy) is 1. The Labute approximate surface area is 106 Å². The van der Waals surface area contributed by atoms with Crippen LogP contribution in [0.2, 0.25) is 0 Å². The van der Waals surface area contributed by atoms with E-state index >= 15 is 0 Å². The average molecular weight is 250 g/mol. The number of fused-ring (bicyclic) bond motifs is 1. The zero-order valence-electron chi connectivity index (χ0n) is 10.6. The van der Waals surface area contributed by atoms with Crippen molar-refractivity contribution in [2.24, 2.45) is 5.73 Å². The fourth-order valence-corrected chi connectivity index (χ4v) is 2.48. The standard InChI is InChI=1S/C13H18N2O3/c1-15-6-5-8-3-4-9(18-2)7-10(8)12(15)11(14)13(16)17/h3-4,7,11-12H,5-6,14H2,1-2H3,(H,16,17). The number of methoxy groups -OCH3 is 1. The Kier molecular flexibility index (Phi) is 3.54. The molecule has 1 aliphatic rings. The number of hydrogen-bond donors (Lipinski definition) is 2. The topological polar surface area (TPSA) is 75.8 Å². The summed E-state index contributed by atoms with van der Waals surface area (Å²) in [7, 11) is 3.50. The molecule has 18 heavy (non-hydrogen) atoms. The maximum atomic E-state index is 11.1. The number of benzene rings is 1. The SMILES string of the molecule is COc1ccc2c(c1)C(C(N)C(=O)O)N(C)CC2. The zero-order valence-corrected chi connectivity index (χ0v) is 10.6. The Hall–Kier alpha value is -1.59. The number of likely N-dealkylation sites (N-methyl/N-ethyl adjacent to an activating group) is 1. The van der Waals surface area contributed by atoms with Gasteiger partial charge in [-0.05, 0) is 36.7 Å². The van der Waals surface area contributed by atoms with Crippen LogP contribution < -0.4 is 10.5 Å². The molecule has 0 aromatic heterocycles. The molecule has 0 saturated heterocycles. The number of hydrogen-bond acceptors (Lipinski definition) is 4. The van der Waals surface area contributed by atoms with Crippen molar-refractivity contribution in [2.75, 3.05) is 20.7 Å². The lowest BCUT2D eigenvalue weighted by atomic mass is 9.88. The third kappa shape index (κ3) is 2.19. The van der Waals surface area contributed by atoms with E-state index in [9.17, 15) is 4.79 Å². The summed E-state index contributed by atoms with van der Waals surface area (Å²) < 4.78 is 5.20. The lowest BCUT2D eigenvalue weighted by molar-refractivity contribution is -0.140. The van der Waals surface area contributed by atoms with Crippen LogP contribution in [-0.4, -0.2) is 42.7 Å². The minimum atomic E-state index is -0.984. The van der Waals surface area contributed by atoms with Gasteiger partial charge in [0.25, 0.3) is 0 Å². The van der Waals surface area contributed by atoms with Crippen molar-refractivity contribution < 1.29 is 14.6 Å². The first-order valence-corrected chi connectivity index (χ1v) is 5.90. The predicted molar refractivity (Wildman–Crippen MR) is 67.7 cm³/mol. The van der Waals surface area contributed by atoms with Gasteiger partial charge in [-0.15, -0.1) is 0 Å². The van der Waals surface area contributed by atoms with Gasteiger partial charge in [0.15, 0.2) is 0 Å². The van der Waals surface area contributed by atoms with Gasteiger partial charge in [0.1, 0.15) is 11.8 Å². The summed E-state index contributed by atoms with van der Waals surface area (Å²) in [5.41, 5.74) is 7.91. The fraction of sp³-hybridized carbons (Fsp3) is 0.462. The maximum Gasteiger partial charge on any atom is 0.322 e. The van der Waals surface area contributed by atoms with E-state index in [4.69, 9.17) is 15.6 Å². The molecule has 0 spiro atoms. The van der Waals surface area contributed by atoms with Crippen molar-refractivity contribution in [1.82, 2.24) is 4.90 Å². The van der Waals surface area contributed by atoms with E-state index < -0.39 is 12.0 Å². The van der Waals surface area contributed by atoms with Crippen LogP contribution in [0.1, 0.15) is 17.2 Å². The third-order valence-electron chi connectivity index (χ3n) is 3.51.